The molecular weight excluding hydrogens is 184 g/mol. The van der Waals surface area contributed by atoms with Gasteiger partial charge in [0.25, 0.3) is 0 Å². The molecule has 0 atom stereocenters. The number of aliphatic imine (C=N–C) groups is 1. The molecule has 0 fully saturated rings. The van der Waals surface area contributed by atoms with Gasteiger partial charge in [-0.05, 0) is 37.8 Å². The average molecular weight is 204 g/mol. The van der Waals surface area contributed by atoms with Gasteiger partial charge in [0, 0.05) is 18.8 Å². The molecule has 0 aliphatic carbocycles. The first-order valence-corrected chi connectivity index (χ1v) is 5.63. The van der Waals surface area contributed by atoms with Crippen LogP contribution in [0, 0.1) is 0 Å². The Morgan fingerprint density at radius 2 is 1.87 bits per heavy atom. The summed E-state index contributed by atoms with van der Waals surface area (Å²) in [5.74, 6) is 0. The third-order valence-corrected chi connectivity index (χ3v) is 2.36. The Hall–Kier alpha value is -1.31. The van der Waals surface area contributed by atoms with Crippen molar-refractivity contribution in [3.8, 4) is 0 Å². The van der Waals surface area contributed by atoms with Gasteiger partial charge in [0.05, 0.1) is 5.69 Å². The summed E-state index contributed by atoms with van der Waals surface area (Å²) in [4.78, 5) is 6.35. The number of hydrogen-bond donors (Lipinski definition) is 0. The smallest absolute Gasteiger partial charge is 0.0643 e. The Kier molecular flexibility index (Phi) is 4.88. The van der Waals surface area contributed by atoms with Crippen molar-refractivity contribution in [3.05, 3.63) is 24.3 Å². The second-order valence-electron chi connectivity index (χ2n) is 3.67. The molecule has 1 aromatic rings. The van der Waals surface area contributed by atoms with Crippen molar-refractivity contribution in [1.29, 1.82) is 0 Å². The first-order chi connectivity index (χ1) is 7.31. The van der Waals surface area contributed by atoms with E-state index in [1.165, 1.54) is 18.5 Å². The van der Waals surface area contributed by atoms with E-state index < -0.39 is 0 Å². The van der Waals surface area contributed by atoms with Gasteiger partial charge in [-0.2, -0.15) is 0 Å². The number of benzene rings is 1. The molecule has 15 heavy (non-hydrogen) atoms. The predicted molar refractivity (Wildman–Crippen MR) is 68.4 cm³/mol. The first kappa shape index (κ1) is 11.8. The monoisotopic (exact) mass is 204 g/mol. The quantitative estimate of drug-likeness (QED) is 0.646. The van der Waals surface area contributed by atoms with Gasteiger partial charge in [-0.25, -0.2) is 0 Å². The molecule has 0 heterocycles. The number of hydrogen-bond acceptors (Lipinski definition) is 2. The van der Waals surface area contributed by atoms with Gasteiger partial charge < -0.3 is 4.90 Å². The Balaban J connectivity index is 2.83. The minimum atomic E-state index is 0.949. The minimum Gasteiger partial charge on any atom is -0.371 e. The van der Waals surface area contributed by atoms with Crippen molar-refractivity contribution in [3.63, 3.8) is 0 Å². The van der Waals surface area contributed by atoms with Crippen LogP contribution in [-0.4, -0.2) is 19.8 Å². The maximum absolute atomic E-state index is 3.96. The van der Waals surface area contributed by atoms with Gasteiger partial charge in [0.15, 0.2) is 0 Å². The third kappa shape index (κ3) is 3.39. The molecule has 0 aliphatic heterocycles. The molecular formula is C13H20N2. The summed E-state index contributed by atoms with van der Waals surface area (Å²) in [6, 6.07) is 8.25. The highest BCUT2D eigenvalue weighted by molar-refractivity contribution is 5.57. The van der Waals surface area contributed by atoms with Crippen LogP contribution in [-0.2, 0) is 0 Å². The van der Waals surface area contributed by atoms with Crippen LogP contribution in [0.2, 0.25) is 0 Å². The van der Waals surface area contributed by atoms with E-state index in [4.69, 9.17) is 0 Å². The van der Waals surface area contributed by atoms with E-state index in [1.54, 1.807) is 0 Å². The lowest BCUT2D eigenvalue weighted by Crippen LogP contribution is -2.24. The van der Waals surface area contributed by atoms with E-state index in [9.17, 15) is 0 Å². The highest BCUT2D eigenvalue weighted by Crippen LogP contribution is 2.21. The zero-order valence-electron chi connectivity index (χ0n) is 9.74. The molecule has 0 saturated carbocycles. The van der Waals surface area contributed by atoms with Crippen LogP contribution < -0.4 is 4.90 Å². The molecule has 0 saturated heterocycles. The Morgan fingerprint density at radius 1 is 1.20 bits per heavy atom. The molecule has 2 heteroatoms. The fourth-order valence-electron chi connectivity index (χ4n) is 1.70. The largest absolute Gasteiger partial charge is 0.371 e. The lowest BCUT2D eigenvalue weighted by Gasteiger charge is -2.23. The van der Waals surface area contributed by atoms with Crippen molar-refractivity contribution in [2.45, 2.75) is 26.7 Å². The normalized spacial score (nSPS) is 10.0. The summed E-state index contributed by atoms with van der Waals surface area (Å²) in [5, 5.41) is 0. The zero-order valence-corrected chi connectivity index (χ0v) is 9.74. The Labute approximate surface area is 92.6 Å². The highest BCUT2D eigenvalue weighted by Gasteiger charge is 2.04. The van der Waals surface area contributed by atoms with E-state index in [-0.39, 0.29) is 0 Å². The second-order valence-corrected chi connectivity index (χ2v) is 3.67. The standard InChI is InChI=1S/C13H20N2/c1-4-9-15(10-5-2)13-8-6-7-12(11-13)14-3/h6-8,11H,3-5,9-10H2,1-2H3. The van der Waals surface area contributed by atoms with Crippen molar-refractivity contribution < 1.29 is 0 Å². The molecule has 0 radical (unpaired) electrons. The van der Waals surface area contributed by atoms with Crippen LogP contribution in [0.1, 0.15) is 26.7 Å². The molecule has 0 spiro atoms. The van der Waals surface area contributed by atoms with Gasteiger partial charge in [-0.1, -0.05) is 19.9 Å². The third-order valence-electron chi connectivity index (χ3n) is 2.36. The summed E-state index contributed by atoms with van der Waals surface area (Å²) < 4.78 is 0. The van der Waals surface area contributed by atoms with Crippen LogP contribution in [0.3, 0.4) is 0 Å². The maximum Gasteiger partial charge on any atom is 0.0643 e. The lowest BCUT2D eigenvalue weighted by atomic mass is 10.2. The molecule has 2 nitrogen and oxygen atoms in total. The van der Waals surface area contributed by atoms with Gasteiger partial charge >= 0.3 is 0 Å². The van der Waals surface area contributed by atoms with Crippen LogP contribution in [0.4, 0.5) is 11.4 Å². The van der Waals surface area contributed by atoms with E-state index in [1.807, 2.05) is 12.1 Å². The summed E-state index contributed by atoms with van der Waals surface area (Å²) >= 11 is 0. The van der Waals surface area contributed by atoms with Crippen molar-refractivity contribution in [1.82, 2.24) is 0 Å². The zero-order chi connectivity index (χ0) is 11.1. The van der Waals surface area contributed by atoms with Crippen LogP contribution in [0.25, 0.3) is 0 Å². The van der Waals surface area contributed by atoms with Crippen molar-refractivity contribution in [2.75, 3.05) is 18.0 Å². The van der Waals surface area contributed by atoms with Gasteiger partial charge in [0.2, 0.25) is 0 Å². The minimum absolute atomic E-state index is 0.949. The molecule has 0 aliphatic rings. The predicted octanol–water partition coefficient (Wildman–Crippen LogP) is 3.65. The van der Waals surface area contributed by atoms with Crippen LogP contribution in [0.5, 0.6) is 0 Å². The summed E-state index contributed by atoms with van der Waals surface area (Å²) in [7, 11) is 0. The molecule has 0 aromatic heterocycles. The van der Waals surface area contributed by atoms with Crippen LogP contribution in [0.15, 0.2) is 29.3 Å². The molecule has 0 N–H and O–H groups in total. The summed E-state index contributed by atoms with van der Waals surface area (Å²) in [6.45, 7) is 10.2. The maximum atomic E-state index is 3.96. The molecule has 82 valence electrons. The molecule has 1 aromatic carbocycles. The highest BCUT2D eigenvalue weighted by atomic mass is 15.1. The number of anilines is 1. The van der Waals surface area contributed by atoms with E-state index >= 15 is 0 Å². The summed E-state index contributed by atoms with van der Waals surface area (Å²) in [6.07, 6.45) is 2.34. The van der Waals surface area contributed by atoms with Crippen LogP contribution >= 0.6 is 0 Å². The Morgan fingerprint density at radius 3 is 2.40 bits per heavy atom. The van der Waals surface area contributed by atoms with Crippen molar-refractivity contribution >= 4 is 18.1 Å². The molecule has 0 bridgehead atoms. The SMILES string of the molecule is C=Nc1cccc(N(CCC)CCC)c1. The van der Waals surface area contributed by atoms with E-state index in [0.29, 0.717) is 0 Å². The summed E-state index contributed by atoms with van der Waals surface area (Å²) in [5.41, 5.74) is 2.20. The number of nitrogens with zero attached hydrogens (tertiary/aromatic N) is 2. The van der Waals surface area contributed by atoms with E-state index in [0.717, 1.165) is 18.8 Å². The van der Waals surface area contributed by atoms with Gasteiger partial charge in [-0.15, -0.1) is 0 Å². The van der Waals surface area contributed by atoms with Gasteiger partial charge in [0.1, 0.15) is 0 Å². The molecule has 0 amide bonds. The fraction of sp³-hybridized carbons (Fsp3) is 0.462. The first-order valence-electron chi connectivity index (χ1n) is 5.63. The fourth-order valence-corrected chi connectivity index (χ4v) is 1.70. The molecule has 1 rings (SSSR count). The van der Waals surface area contributed by atoms with E-state index in [2.05, 4.69) is 42.6 Å². The average Bonchev–Trinajstić information content (AvgIpc) is 2.29. The van der Waals surface area contributed by atoms with Gasteiger partial charge in [-0.3, -0.25) is 4.99 Å². The number of rotatable bonds is 6. The molecule has 0 unspecified atom stereocenters. The topological polar surface area (TPSA) is 15.6 Å². The second kappa shape index (κ2) is 6.23. The van der Waals surface area contributed by atoms with Crippen molar-refractivity contribution in [2.24, 2.45) is 4.99 Å². The lowest BCUT2D eigenvalue weighted by molar-refractivity contribution is 0.745. The Bertz CT molecular complexity index is 301.